The highest BCUT2D eigenvalue weighted by Gasteiger charge is 2.24. The second-order valence-corrected chi connectivity index (χ2v) is 4.16. The van der Waals surface area contributed by atoms with Gasteiger partial charge in [0.05, 0.1) is 6.54 Å². The third-order valence-electron chi connectivity index (χ3n) is 2.61. The summed E-state index contributed by atoms with van der Waals surface area (Å²) in [5.74, 6) is 1.55. The minimum atomic E-state index is 0.326. The Balaban J connectivity index is 1.79. The minimum absolute atomic E-state index is 0.326. The summed E-state index contributed by atoms with van der Waals surface area (Å²) in [5.41, 5.74) is 5.69. The average Bonchev–Trinajstić information content (AvgIpc) is 2.60. The number of hydrogen-bond donors (Lipinski definition) is 1. The first-order valence-electron chi connectivity index (χ1n) is 5.57. The van der Waals surface area contributed by atoms with E-state index in [-0.39, 0.29) is 0 Å². The molecule has 0 bridgehead atoms. The van der Waals surface area contributed by atoms with Crippen LogP contribution in [0.4, 0.5) is 0 Å². The molecule has 0 saturated carbocycles. The molecular formula is C10H18N4O. The molecule has 1 aromatic heterocycles. The average molecular weight is 210 g/mol. The molecule has 0 aliphatic carbocycles. The molecule has 2 heterocycles. The van der Waals surface area contributed by atoms with Gasteiger partial charge in [-0.3, -0.25) is 4.90 Å². The lowest BCUT2D eigenvalue weighted by Crippen LogP contribution is -2.54. The highest BCUT2D eigenvalue weighted by molar-refractivity contribution is 4.90. The van der Waals surface area contributed by atoms with Crippen LogP contribution < -0.4 is 5.73 Å². The van der Waals surface area contributed by atoms with E-state index < -0.39 is 0 Å². The predicted octanol–water partition coefficient (Wildman–Crippen LogP) is 0.555. The highest BCUT2D eigenvalue weighted by atomic mass is 16.5. The van der Waals surface area contributed by atoms with Crippen LogP contribution in [-0.2, 0) is 13.0 Å². The van der Waals surface area contributed by atoms with Crippen molar-refractivity contribution in [3.8, 4) is 0 Å². The van der Waals surface area contributed by atoms with Gasteiger partial charge in [0.1, 0.15) is 0 Å². The maximum absolute atomic E-state index is 5.69. The fourth-order valence-electron chi connectivity index (χ4n) is 1.72. The van der Waals surface area contributed by atoms with E-state index in [0.29, 0.717) is 11.9 Å². The van der Waals surface area contributed by atoms with E-state index in [0.717, 1.165) is 44.7 Å². The van der Waals surface area contributed by atoms with Crippen LogP contribution in [0.5, 0.6) is 0 Å². The third-order valence-corrected chi connectivity index (χ3v) is 2.61. The van der Waals surface area contributed by atoms with Crippen molar-refractivity contribution in [2.75, 3.05) is 13.1 Å². The fraction of sp³-hybridized carbons (Fsp3) is 0.800. The molecular weight excluding hydrogens is 192 g/mol. The van der Waals surface area contributed by atoms with Crippen molar-refractivity contribution in [2.24, 2.45) is 5.73 Å². The largest absolute Gasteiger partial charge is 0.338 e. The second-order valence-electron chi connectivity index (χ2n) is 4.16. The van der Waals surface area contributed by atoms with Gasteiger partial charge in [-0.15, -0.1) is 0 Å². The number of likely N-dealkylation sites (tertiary alicyclic amines) is 1. The molecule has 1 aliphatic heterocycles. The van der Waals surface area contributed by atoms with Crippen molar-refractivity contribution in [1.29, 1.82) is 0 Å². The summed E-state index contributed by atoms with van der Waals surface area (Å²) >= 11 is 0. The molecule has 0 radical (unpaired) electrons. The number of rotatable bonds is 5. The van der Waals surface area contributed by atoms with Crippen molar-refractivity contribution < 1.29 is 4.52 Å². The van der Waals surface area contributed by atoms with Crippen molar-refractivity contribution >= 4 is 0 Å². The van der Waals surface area contributed by atoms with Crippen LogP contribution in [0.15, 0.2) is 4.52 Å². The summed E-state index contributed by atoms with van der Waals surface area (Å²) in [6, 6.07) is 0.326. The lowest BCUT2D eigenvalue weighted by molar-refractivity contribution is 0.125. The number of nitrogens with zero attached hydrogens (tertiary/aromatic N) is 3. The molecule has 0 amide bonds. The predicted molar refractivity (Wildman–Crippen MR) is 56.2 cm³/mol. The zero-order valence-corrected chi connectivity index (χ0v) is 9.15. The van der Waals surface area contributed by atoms with Gasteiger partial charge in [0.2, 0.25) is 5.89 Å². The molecule has 0 spiro atoms. The maximum Gasteiger partial charge on any atom is 0.240 e. The summed E-state index contributed by atoms with van der Waals surface area (Å²) in [6.07, 6.45) is 3.19. The number of nitrogens with two attached hydrogens (primary N) is 1. The van der Waals surface area contributed by atoms with Gasteiger partial charge in [0.25, 0.3) is 0 Å². The van der Waals surface area contributed by atoms with Gasteiger partial charge in [0, 0.05) is 25.6 Å². The number of aromatic nitrogens is 2. The molecule has 1 saturated heterocycles. The Kier molecular flexibility index (Phi) is 3.33. The Morgan fingerprint density at radius 1 is 1.53 bits per heavy atom. The molecule has 2 N–H and O–H groups in total. The van der Waals surface area contributed by atoms with Crippen molar-refractivity contribution in [2.45, 2.75) is 38.8 Å². The molecule has 0 atom stereocenters. The lowest BCUT2D eigenvalue weighted by atomic mass is 10.1. The third kappa shape index (κ3) is 2.76. The van der Waals surface area contributed by atoms with Gasteiger partial charge in [-0.25, -0.2) is 0 Å². The van der Waals surface area contributed by atoms with Crippen LogP contribution >= 0.6 is 0 Å². The van der Waals surface area contributed by atoms with Crippen LogP contribution in [0.3, 0.4) is 0 Å². The Labute approximate surface area is 89.6 Å². The number of hydrogen-bond acceptors (Lipinski definition) is 5. The topological polar surface area (TPSA) is 68.2 Å². The van der Waals surface area contributed by atoms with Crippen molar-refractivity contribution in [3.63, 3.8) is 0 Å². The molecule has 15 heavy (non-hydrogen) atoms. The van der Waals surface area contributed by atoms with Gasteiger partial charge >= 0.3 is 0 Å². The van der Waals surface area contributed by atoms with E-state index in [9.17, 15) is 0 Å². The summed E-state index contributed by atoms with van der Waals surface area (Å²) in [7, 11) is 0. The highest BCUT2D eigenvalue weighted by Crippen LogP contribution is 2.10. The quantitative estimate of drug-likeness (QED) is 0.769. The molecule has 1 aromatic rings. The van der Waals surface area contributed by atoms with Gasteiger partial charge in [0.15, 0.2) is 5.82 Å². The van der Waals surface area contributed by atoms with Crippen molar-refractivity contribution in [1.82, 2.24) is 15.0 Å². The smallest absolute Gasteiger partial charge is 0.240 e. The van der Waals surface area contributed by atoms with E-state index in [2.05, 4.69) is 22.0 Å². The Bertz CT molecular complexity index is 306. The molecule has 2 rings (SSSR count). The van der Waals surface area contributed by atoms with E-state index in [1.54, 1.807) is 0 Å². The summed E-state index contributed by atoms with van der Waals surface area (Å²) in [5, 5.41) is 3.94. The fourth-order valence-corrected chi connectivity index (χ4v) is 1.72. The van der Waals surface area contributed by atoms with Gasteiger partial charge in [-0.1, -0.05) is 18.5 Å². The van der Waals surface area contributed by atoms with E-state index >= 15 is 0 Å². The van der Waals surface area contributed by atoms with Crippen LogP contribution in [0, 0.1) is 0 Å². The summed E-state index contributed by atoms with van der Waals surface area (Å²) < 4.78 is 5.16. The first-order chi connectivity index (χ1) is 7.28. The zero-order valence-electron chi connectivity index (χ0n) is 9.15. The minimum Gasteiger partial charge on any atom is -0.338 e. The molecule has 1 aliphatic rings. The van der Waals surface area contributed by atoms with Crippen LogP contribution in [0.1, 0.15) is 31.5 Å². The first-order valence-corrected chi connectivity index (χ1v) is 5.57. The number of aryl methyl sites for hydroxylation is 1. The van der Waals surface area contributed by atoms with E-state index in [1.165, 1.54) is 0 Å². The molecule has 0 aromatic carbocycles. The summed E-state index contributed by atoms with van der Waals surface area (Å²) in [6.45, 7) is 4.77. The Morgan fingerprint density at radius 3 is 3.00 bits per heavy atom. The molecule has 5 nitrogen and oxygen atoms in total. The van der Waals surface area contributed by atoms with E-state index in [1.807, 2.05) is 0 Å². The van der Waals surface area contributed by atoms with Crippen molar-refractivity contribution in [3.05, 3.63) is 11.7 Å². The molecule has 0 unspecified atom stereocenters. The first kappa shape index (κ1) is 10.6. The number of unbranched alkanes of at least 4 members (excludes halogenated alkanes) is 1. The van der Waals surface area contributed by atoms with E-state index in [4.69, 9.17) is 10.3 Å². The SMILES string of the molecule is CCCCc1noc(CN2CC(N)C2)n1. The molecule has 5 heteroatoms. The normalized spacial score (nSPS) is 18.0. The standard InChI is InChI=1S/C10H18N4O/c1-2-3-4-9-12-10(15-13-9)7-14-5-8(11)6-14/h8H,2-7,11H2,1H3. The summed E-state index contributed by atoms with van der Waals surface area (Å²) in [4.78, 5) is 6.54. The van der Waals surface area contributed by atoms with Gasteiger partial charge in [-0.2, -0.15) is 4.98 Å². The van der Waals surface area contributed by atoms with Crippen LogP contribution in [0.25, 0.3) is 0 Å². The Morgan fingerprint density at radius 2 is 2.33 bits per heavy atom. The lowest BCUT2D eigenvalue weighted by Gasteiger charge is -2.35. The van der Waals surface area contributed by atoms with Gasteiger partial charge < -0.3 is 10.3 Å². The maximum atomic E-state index is 5.69. The second kappa shape index (κ2) is 4.72. The van der Waals surface area contributed by atoms with Crippen LogP contribution in [-0.4, -0.2) is 34.2 Å². The molecule has 84 valence electrons. The van der Waals surface area contributed by atoms with Crippen LogP contribution in [0.2, 0.25) is 0 Å². The monoisotopic (exact) mass is 210 g/mol. The zero-order chi connectivity index (χ0) is 10.7. The van der Waals surface area contributed by atoms with Gasteiger partial charge in [-0.05, 0) is 6.42 Å². The molecule has 1 fully saturated rings. The Hall–Kier alpha value is -0.940.